The molecule has 26 heavy (non-hydrogen) atoms. The number of aromatic nitrogens is 1. The van der Waals surface area contributed by atoms with Crippen LogP contribution in [0.15, 0.2) is 42.6 Å². The van der Waals surface area contributed by atoms with E-state index in [9.17, 15) is 4.79 Å². The van der Waals surface area contributed by atoms with Gasteiger partial charge in [-0.15, -0.1) is 24.8 Å². The summed E-state index contributed by atoms with van der Waals surface area (Å²) < 4.78 is 5.32. The van der Waals surface area contributed by atoms with Gasteiger partial charge in [0.05, 0.1) is 18.4 Å². The highest BCUT2D eigenvalue weighted by molar-refractivity contribution is 5.99. The Morgan fingerprint density at radius 2 is 1.92 bits per heavy atom. The van der Waals surface area contributed by atoms with Crippen LogP contribution in [-0.2, 0) is 0 Å². The van der Waals surface area contributed by atoms with E-state index in [2.05, 4.69) is 20.9 Å². The number of carbonyl (C=O) groups is 1. The molecule has 0 aliphatic rings. The van der Waals surface area contributed by atoms with Crippen LogP contribution >= 0.6 is 24.8 Å². The third-order valence-electron chi connectivity index (χ3n) is 3.53. The molecule has 0 radical (unpaired) electrons. The molecule has 1 aromatic carbocycles. The molecule has 0 aliphatic carbocycles. The van der Waals surface area contributed by atoms with Crippen molar-refractivity contribution >= 4 is 42.2 Å². The Bertz CT molecular complexity index is 686. The first-order valence-electron chi connectivity index (χ1n) is 8.02. The number of carbonyl (C=O) groups excluding carboxylic acids is 1. The first-order chi connectivity index (χ1) is 11.7. The van der Waals surface area contributed by atoms with Gasteiger partial charge in [-0.2, -0.15) is 0 Å². The molecule has 1 amide bonds. The minimum Gasteiger partial charge on any atom is -0.495 e. The first-order valence-corrected chi connectivity index (χ1v) is 8.02. The van der Waals surface area contributed by atoms with Crippen LogP contribution in [-0.4, -0.2) is 37.1 Å². The molecule has 1 aromatic heterocycles. The number of halogens is 2. The fraction of sp³-hybridized carbons (Fsp3) is 0.333. The number of hydrogen-bond donors (Lipinski definition) is 3. The van der Waals surface area contributed by atoms with E-state index in [1.165, 1.54) is 0 Å². The summed E-state index contributed by atoms with van der Waals surface area (Å²) in [6.07, 6.45) is 1.65. The maximum absolute atomic E-state index is 12.5. The molecule has 0 saturated carbocycles. The SMILES string of the molecule is CCN[C@H](C)CNC(=O)c1cccnc1Nc1ccccc1OC.Cl.Cl. The summed E-state index contributed by atoms with van der Waals surface area (Å²) in [7, 11) is 1.61. The molecule has 0 fully saturated rings. The van der Waals surface area contributed by atoms with Crippen molar-refractivity contribution in [1.82, 2.24) is 15.6 Å². The monoisotopic (exact) mass is 400 g/mol. The van der Waals surface area contributed by atoms with Gasteiger partial charge >= 0.3 is 0 Å². The van der Waals surface area contributed by atoms with E-state index >= 15 is 0 Å². The molecule has 0 aliphatic heterocycles. The number of benzene rings is 1. The van der Waals surface area contributed by atoms with Crippen molar-refractivity contribution in [2.24, 2.45) is 0 Å². The molecule has 144 valence electrons. The van der Waals surface area contributed by atoms with Gasteiger partial charge in [0.1, 0.15) is 11.6 Å². The molecule has 0 spiro atoms. The highest BCUT2D eigenvalue weighted by Crippen LogP contribution is 2.27. The topological polar surface area (TPSA) is 75.3 Å². The van der Waals surface area contributed by atoms with E-state index < -0.39 is 0 Å². The van der Waals surface area contributed by atoms with Gasteiger partial charge in [-0.1, -0.05) is 19.1 Å². The zero-order chi connectivity index (χ0) is 17.4. The molecule has 3 N–H and O–H groups in total. The van der Waals surface area contributed by atoms with E-state index in [0.29, 0.717) is 23.7 Å². The summed E-state index contributed by atoms with van der Waals surface area (Å²) in [5, 5.41) is 9.36. The molecule has 1 atom stereocenters. The number of nitrogens with zero attached hydrogens (tertiary/aromatic N) is 1. The predicted molar refractivity (Wildman–Crippen MR) is 110 cm³/mol. The summed E-state index contributed by atoms with van der Waals surface area (Å²) in [5.74, 6) is 1.02. The Labute approximate surface area is 166 Å². The molecule has 8 heteroatoms. The van der Waals surface area contributed by atoms with E-state index in [1.807, 2.05) is 38.1 Å². The van der Waals surface area contributed by atoms with Crippen LogP contribution < -0.4 is 20.7 Å². The number of pyridine rings is 1. The van der Waals surface area contributed by atoms with Gasteiger partial charge < -0.3 is 20.7 Å². The number of nitrogens with one attached hydrogen (secondary N) is 3. The number of anilines is 2. The molecular weight excluding hydrogens is 375 g/mol. The molecule has 0 saturated heterocycles. The largest absolute Gasteiger partial charge is 0.495 e. The highest BCUT2D eigenvalue weighted by atomic mass is 35.5. The van der Waals surface area contributed by atoms with Gasteiger partial charge in [0, 0.05) is 18.8 Å². The van der Waals surface area contributed by atoms with E-state index in [1.54, 1.807) is 25.4 Å². The molecular formula is C18H26Cl2N4O2. The predicted octanol–water partition coefficient (Wildman–Crippen LogP) is 3.41. The quantitative estimate of drug-likeness (QED) is 0.632. The third kappa shape index (κ3) is 6.71. The Hall–Kier alpha value is -2.02. The lowest BCUT2D eigenvalue weighted by Gasteiger charge is -2.15. The number of amides is 1. The van der Waals surface area contributed by atoms with Crippen LogP contribution in [0.3, 0.4) is 0 Å². The normalized spacial score (nSPS) is 10.7. The molecule has 2 rings (SSSR count). The lowest BCUT2D eigenvalue weighted by atomic mass is 10.2. The van der Waals surface area contributed by atoms with Gasteiger partial charge in [0.25, 0.3) is 5.91 Å². The second kappa shape index (κ2) is 12.4. The third-order valence-corrected chi connectivity index (χ3v) is 3.53. The number of likely N-dealkylation sites (N-methyl/N-ethyl adjacent to an activating group) is 1. The van der Waals surface area contributed by atoms with E-state index in [4.69, 9.17) is 4.74 Å². The van der Waals surface area contributed by atoms with Crippen LogP contribution in [0.4, 0.5) is 11.5 Å². The lowest BCUT2D eigenvalue weighted by Crippen LogP contribution is -2.39. The zero-order valence-electron chi connectivity index (χ0n) is 15.1. The number of ether oxygens (including phenoxy) is 1. The van der Waals surface area contributed by atoms with Gasteiger partial charge in [0.15, 0.2) is 0 Å². The van der Waals surface area contributed by atoms with Crippen LogP contribution in [0.5, 0.6) is 5.75 Å². The first kappa shape index (κ1) is 24.0. The Morgan fingerprint density at radius 1 is 1.19 bits per heavy atom. The fourth-order valence-electron chi connectivity index (χ4n) is 2.33. The van der Waals surface area contributed by atoms with Crippen LogP contribution in [0, 0.1) is 0 Å². The molecule has 2 aromatic rings. The van der Waals surface area contributed by atoms with Gasteiger partial charge in [-0.05, 0) is 37.7 Å². The second-order valence-corrected chi connectivity index (χ2v) is 5.39. The van der Waals surface area contributed by atoms with E-state index in [-0.39, 0.29) is 36.8 Å². The average molecular weight is 401 g/mol. The van der Waals surface area contributed by atoms with Crippen LogP contribution in [0.2, 0.25) is 0 Å². The zero-order valence-corrected chi connectivity index (χ0v) is 16.7. The Balaban J connectivity index is 0.00000312. The van der Waals surface area contributed by atoms with Crippen LogP contribution in [0.25, 0.3) is 0 Å². The van der Waals surface area contributed by atoms with Crippen LogP contribution in [0.1, 0.15) is 24.2 Å². The summed E-state index contributed by atoms with van der Waals surface area (Å²) >= 11 is 0. The van der Waals surface area contributed by atoms with Crippen molar-refractivity contribution in [3.63, 3.8) is 0 Å². The summed E-state index contributed by atoms with van der Waals surface area (Å²) in [5.41, 5.74) is 1.25. The number of methoxy groups -OCH3 is 1. The minimum atomic E-state index is -0.162. The Kier molecular flexibility index (Phi) is 11.4. The van der Waals surface area contributed by atoms with Crippen molar-refractivity contribution in [2.75, 3.05) is 25.5 Å². The second-order valence-electron chi connectivity index (χ2n) is 5.39. The van der Waals surface area contributed by atoms with Crippen molar-refractivity contribution < 1.29 is 9.53 Å². The smallest absolute Gasteiger partial charge is 0.255 e. The fourth-order valence-corrected chi connectivity index (χ4v) is 2.33. The summed E-state index contributed by atoms with van der Waals surface area (Å²) in [6.45, 7) is 5.48. The lowest BCUT2D eigenvalue weighted by molar-refractivity contribution is 0.0951. The van der Waals surface area contributed by atoms with Crippen molar-refractivity contribution in [2.45, 2.75) is 19.9 Å². The molecule has 6 nitrogen and oxygen atoms in total. The van der Waals surface area contributed by atoms with Crippen molar-refractivity contribution in [1.29, 1.82) is 0 Å². The van der Waals surface area contributed by atoms with Gasteiger partial charge in [-0.25, -0.2) is 4.98 Å². The summed E-state index contributed by atoms with van der Waals surface area (Å²) in [6, 6.07) is 11.2. The number of hydrogen-bond acceptors (Lipinski definition) is 5. The molecule has 1 heterocycles. The van der Waals surface area contributed by atoms with Gasteiger partial charge in [-0.3, -0.25) is 4.79 Å². The Morgan fingerprint density at radius 3 is 2.62 bits per heavy atom. The number of rotatable bonds is 8. The van der Waals surface area contributed by atoms with Gasteiger partial charge in [0.2, 0.25) is 0 Å². The average Bonchev–Trinajstić information content (AvgIpc) is 2.61. The maximum Gasteiger partial charge on any atom is 0.255 e. The molecule has 0 bridgehead atoms. The van der Waals surface area contributed by atoms with E-state index in [0.717, 1.165) is 12.2 Å². The standard InChI is InChI=1S/C18H24N4O2.2ClH/c1-4-19-13(2)12-21-18(23)14-8-7-11-20-17(14)22-15-9-5-6-10-16(15)24-3;;/h5-11,13,19H,4,12H2,1-3H3,(H,20,22)(H,21,23);2*1H/t13-;;/m1../s1. The molecule has 0 unspecified atom stereocenters. The highest BCUT2D eigenvalue weighted by Gasteiger charge is 2.14. The minimum absolute atomic E-state index is 0. The summed E-state index contributed by atoms with van der Waals surface area (Å²) in [4.78, 5) is 16.8. The number of para-hydroxylation sites is 2. The van der Waals surface area contributed by atoms with Crippen molar-refractivity contribution in [3.8, 4) is 5.75 Å². The van der Waals surface area contributed by atoms with Crippen molar-refractivity contribution in [3.05, 3.63) is 48.2 Å². The maximum atomic E-state index is 12.5.